The molecule has 0 amide bonds. The van der Waals surface area contributed by atoms with E-state index in [4.69, 9.17) is 4.74 Å². The molecule has 94 valence electrons. The van der Waals surface area contributed by atoms with Crippen LogP contribution in [0, 0.1) is 0 Å². The lowest BCUT2D eigenvalue weighted by Gasteiger charge is -2.25. The van der Waals surface area contributed by atoms with E-state index in [0.717, 1.165) is 43.4 Å². The predicted molar refractivity (Wildman–Crippen MR) is 69.3 cm³/mol. The van der Waals surface area contributed by atoms with Crippen LogP contribution in [0.5, 0.6) is 5.75 Å². The molecular weight excluding hydrogens is 212 g/mol. The fourth-order valence-corrected chi connectivity index (χ4v) is 2.54. The predicted octanol–water partition coefficient (Wildman–Crippen LogP) is 3.62. The molecular formula is C15H22O2. The SMILES string of the molecule is CCC(CC)Oc1cccc2c1CCCC2O. The summed E-state index contributed by atoms with van der Waals surface area (Å²) >= 11 is 0. The van der Waals surface area contributed by atoms with Crippen molar-refractivity contribution in [3.63, 3.8) is 0 Å². The smallest absolute Gasteiger partial charge is 0.123 e. The van der Waals surface area contributed by atoms with Crippen LogP contribution in [0.4, 0.5) is 0 Å². The highest BCUT2D eigenvalue weighted by atomic mass is 16.5. The monoisotopic (exact) mass is 234 g/mol. The molecule has 17 heavy (non-hydrogen) atoms. The van der Waals surface area contributed by atoms with Crippen molar-refractivity contribution in [2.24, 2.45) is 0 Å². The van der Waals surface area contributed by atoms with Gasteiger partial charge in [0.15, 0.2) is 0 Å². The molecule has 2 nitrogen and oxygen atoms in total. The molecule has 1 N–H and O–H groups in total. The zero-order chi connectivity index (χ0) is 12.3. The van der Waals surface area contributed by atoms with Crippen LogP contribution in [-0.4, -0.2) is 11.2 Å². The first-order chi connectivity index (χ1) is 8.26. The Morgan fingerprint density at radius 3 is 2.82 bits per heavy atom. The minimum absolute atomic E-state index is 0.292. The van der Waals surface area contributed by atoms with Crippen LogP contribution >= 0.6 is 0 Å². The van der Waals surface area contributed by atoms with Gasteiger partial charge in [-0.2, -0.15) is 0 Å². The fourth-order valence-electron chi connectivity index (χ4n) is 2.54. The molecule has 0 fully saturated rings. The van der Waals surface area contributed by atoms with E-state index in [9.17, 15) is 5.11 Å². The number of rotatable bonds is 4. The maximum Gasteiger partial charge on any atom is 0.123 e. The number of hydrogen-bond donors (Lipinski definition) is 1. The van der Waals surface area contributed by atoms with E-state index in [1.165, 1.54) is 5.56 Å². The largest absolute Gasteiger partial charge is 0.490 e. The quantitative estimate of drug-likeness (QED) is 0.862. The van der Waals surface area contributed by atoms with E-state index in [0.29, 0.717) is 6.10 Å². The Morgan fingerprint density at radius 2 is 2.12 bits per heavy atom. The second-order valence-electron chi connectivity index (χ2n) is 4.79. The van der Waals surface area contributed by atoms with Gasteiger partial charge >= 0.3 is 0 Å². The molecule has 0 saturated heterocycles. The lowest BCUT2D eigenvalue weighted by atomic mass is 9.89. The molecule has 1 aromatic carbocycles. The van der Waals surface area contributed by atoms with E-state index < -0.39 is 0 Å². The van der Waals surface area contributed by atoms with Crippen molar-refractivity contribution in [3.05, 3.63) is 29.3 Å². The highest BCUT2D eigenvalue weighted by Gasteiger charge is 2.21. The third-order valence-electron chi connectivity index (χ3n) is 3.64. The fraction of sp³-hybridized carbons (Fsp3) is 0.600. The zero-order valence-corrected chi connectivity index (χ0v) is 10.8. The van der Waals surface area contributed by atoms with Gasteiger partial charge in [-0.05, 0) is 49.3 Å². The van der Waals surface area contributed by atoms with Crippen LogP contribution in [-0.2, 0) is 6.42 Å². The van der Waals surface area contributed by atoms with Gasteiger partial charge in [-0.15, -0.1) is 0 Å². The molecule has 1 aliphatic carbocycles. The number of aliphatic hydroxyl groups excluding tert-OH is 1. The average molecular weight is 234 g/mol. The summed E-state index contributed by atoms with van der Waals surface area (Å²) in [5.74, 6) is 0.981. The average Bonchev–Trinajstić information content (AvgIpc) is 2.37. The van der Waals surface area contributed by atoms with Crippen molar-refractivity contribution in [2.45, 2.75) is 58.2 Å². The zero-order valence-electron chi connectivity index (χ0n) is 10.8. The minimum atomic E-state index is -0.302. The van der Waals surface area contributed by atoms with Gasteiger partial charge in [-0.3, -0.25) is 0 Å². The maximum atomic E-state index is 9.98. The van der Waals surface area contributed by atoms with Crippen LogP contribution in [0.3, 0.4) is 0 Å². The summed E-state index contributed by atoms with van der Waals surface area (Å²) in [4.78, 5) is 0. The van der Waals surface area contributed by atoms with Gasteiger partial charge < -0.3 is 9.84 Å². The van der Waals surface area contributed by atoms with Gasteiger partial charge in [0.05, 0.1) is 12.2 Å². The molecule has 0 saturated carbocycles. The summed E-state index contributed by atoms with van der Waals surface area (Å²) in [5.41, 5.74) is 2.29. The van der Waals surface area contributed by atoms with Crippen LogP contribution in [0.1, 0.15) is 56.8 Å². The van der Waals surface area contributed by atoms with Crippen LogP contribution in [0.15, 0.2) is 18.2 Å². The molecule has 0 bridgehead atoms. The molecule has 1 atom stereocenters. The lowest BCUT2D eigenvalue weighted by Crippen LogP contribution is -2.17. The summed E-state index contributed by atoms with van der Waals surface area (Å²) in [6.45, 7) is 4.30. The van der Waals surface area contributed by atoms with Crippen LogP contribution in [0.25, 0.3) is 0 Å². The van der Waals surface area contributed by atoms with Crippen molar-refractivity contribution < 1.29 is 9.84 Å². The molecule has 0 aliphatic heterocycles. The summed E-state index contributed by atoms with van der Waals surface area (Å²) in [6, 6.07) is 6.05. The van der Waals surface area contributed by atoms with Gasteiger partial charge in [-0.25, -0.2) is 0 Å². The maximum absolute atomic E-state index is 9.98. The normalized spacial score (nSPS) is 19.2. The summed E-state index contributed by atoms with van der Waals surface area (Å²) in [7, 11) is 0. The van der Waals surface area contributed by atoms with Gasteiger partial charge in [0, 0.05) is 0 Å². The topological polar surface area (TPSA) is 29.5 Å². The Hall–Kier alpha value is -1.02. The van der Waals surface area contributed by atoms with Gasteiger partial charge in [0.25, 0.3) is 0 Å². The molecule has 1 aromatic rings. The molecule has 1 unspecified atom stereocenters. The van der Waals surface area contributed by atoms with E-state index in [1.54, 1.807) is 0 Å². The van der Waals surface area contributed by atoms with Gasteiger partial charge in [-0.1, -0.05) is 26.0 Å². The third-order valence-corrected chi connectivity index (χ3v) is 3.64. The molecule has 0 spiro atoms. The van der Waals surface area contributed by atoms with Crippen molar-refractivity contribution in [1.29, 1.82) is 0 Å². The molecule has 0 radical (unpaired) electrons. The number of ether oxygens (including phenoxy) is 1. The van der Waals surface area contributed by atoms with Crippen molar-refractivity contribution >= 4 is 0 Å². The van der Waals surface area contributed by atoms with Gasteiger partial charge in [0.2, 0.25) is 0 Å². The standard InChI is InChI=1S/C15H22O2/c1-3-11(4-2)17-15-10-6-7-12-13(15)8-5-9-14(12)16/h6-7,10-11,14,16H,3-5,8-9H2,1-2H3. The molecule has 0 heterocycles. The Balaban J connectivity index is 2.26. The second-order valence-corrected chi connectivity index (χ2v) is 4.79. The van der Waals surface area contributed by atoms with Crippen molar-refractivity contribution in [2.75, 3.05) is 0 Å². The van der Waals surface area contributed by atoms with E-state index >= 15 is 0 Å². The van der Waals surface area contributed by atoms with Crippen LogP contribution in [0.2, 0.25) is 0 Å². The number of fused-ring (bicyclic) bond motifs is 1. The summed E-state index contributed by atoms with van der Waals surface area (Å²) in [6.07, 6.45) is 5.01. The highest BCUT2D eigenvalue weighted by molar-refractivity contribution is 5.43. The molecule has 0 aromatic heterocycles. The second kappa shape index (κ2) is 5.54. The van der Waals surface area contributed by atoms with Crippen molar-refractivity contribution in [1.82, 2.24) is 0 Å². The Morgan fingerprint density at radius 1 is 1.35 bits per heavy atom. The first-order valence-corrected chi connectivity index (χ1v) is 6.72. The van der Waals surface area contributed by atoms with E-state index in [-0.39, 0.29) is 6.10 Å². The minimum Gasteiger partial charge on any atom is -0.490 e. The van der Waals surface area contributed by atoms with E-state index in [2.05, 4.69) is 13.8 Å². The Labute approximate surface area is 104 Å². The Bertz CT molecular complexity index is 369. The molecule has 2 rings (SSSR count). The number of benzene rings is 1. The van der Waals surface area contributed by atoms with E-state index in [1.807, 2.05) is 18.2 Å². The van der Waals surface area contributed by atoms with Crippen LogP contribution < -0.4 is 4.74 Å². The summed E-state index contributed by atoms with van der Waals surface area (Å²) < 4.78 is 6.05. The Kier molecular flexibility index (Phi) is 4.06. The first kappa shape index (κ1) is 12.4. The highest BCUT2D eigenvalue weighted by Crippen LogP contribution is 2.35. The molecule has 2 heteroatoms. The van der Waals surface area contributed by atoms with Gasteiger partial charge in [0.1, 0.15) is 5.75 Å². The third kappa shape index (κ3) is 2.63. The molecule has 1 aliphatic rings. The first-order valence-electron chi connectivity index (χ1n) is 6.72. The summed E-state index contributed by atoms with van der Waals surface area (Å²) in [5, 5.41) is 9.98. The number of aliphatic hydroxyl groups is 1. The lowest BCUT2D eigenvalue weighted by molar-refractivity contribution is 0.151. The van der Waals surface area contributed by atoms with Crippen molar-refractivity contribution in [3.8, 4) is 5.75 Å². The number of hydrogen-bond acceptors (Lipinski definition) is 2.